The van der Waals surface area contributed by atoms with Crippen LogP contribution in [-0.4, -0.2) is 12.2 Å². The van der Waals surface area contributed by atoms with Gasteiger partial charge in [0, 0.05) is 19.4 Å². The van der Waals surface area contributed by atoms with E-state index in [4.69, 9.17) is 9.05 Å². The molecule has 156 valence electrons. The normalized spacial score (nSPS) is 13.5. The van der Waals surface area contributed by atoms with Crippen LogP contribution in [-0.2, 0) is 20.0 Å². The molecule has 7 heteroatoms. The Balaban J connectivity index is 2.14. The Labute approximate surface area is 183 Å². The minimum absolute atomic E-state index is 0.261. The predicted molar refractivity (Wildman–Crippen MR) is 122 cm³/mol. The highest BCUT2D eigenvalue weighted by Crippen LogP contribution is 2.66. The van der Waals surface area contributed by atoms with Gasteiger partial charge in [0.2, 0.25) is 0 Å². The molecule has 0 aliphatic rings. The summed E-state index contributed by atoms with van der Waals surface area (Å²) in [5.41, 5.74) is 0.366. The highest BCUT2D eigenvalue weighted by Gasteiger charge is 2.41. The van der Waals surface area contributed by atoms with Gasteiger partial charge in [-0.15, -0.1) is 11.3 Å². The highest BCUT2D eigenvalue weighted by molar-refractivity contribution is 9.10. The van der Waals surface area contributed by atoms with Gasteiger partial charge >= 0.3 is 7.60 Å². The second kappa shape index (κ2) is 9.40. The maximum absolute atomic E-state index is 14.1. The van der Waals surface area contributed by atoms with Crippen LogP contribution in [0.25, 0.3) is 10.1 Å². The van der Waals surface area contributed by atoms with E-state index in [0.717, 1.165) is 25.0 Å². The minimum Gasteiger partial charge on any atom is -0.305 e. The first-order valence-corrected chi connectivity index (χ1v) is 12.8. The van der Waals surface area contributed by atoms with Gasteiger partial charge in [-0.1, -0.05) is 30.3 Å². The third kappa shape index (κ3) is 5.36. The van der Waals surface area contributed by atoms with E-state index in [9.17, 15) is 8.96 Å². The molecule has 0 saturated heterocycles. The number of benzene rings is 2. The second-order valence-corrected chi connectivity index (χ2v) is 11.5. The summed E-state index contributed by atoms with van der Waals surface area (Å²) in [7, 11) is -3.54. The summed E-state index contributed by atoms with van der Waals surface area (Å²) in [6.07, 6.45) is -0.102. The molecule has 0 aliphatic carbocycles. The van der Waals surface area contributed by atoms with E-state index in [0.29, 0.717) is 6.42 Å². The number of thiophene rings is 1. The second-order valence-electron chi connectivity index (χ2n) is 7.47. The molecule has 1 unspecified atom stereocenters. The molecule has 0 saturated carbocycles. The number of hydrogen-bond acceptors (Lipinski definition) is 4. The minimum atomic E-state index is -3.54. The van der Waals surface area contributed by atoms with Crippen molar-refractivity contribution in [3.63, 3.8) is 0 Å². The Morgan fingerprint density at radius 3 is 2.14 bits per heavy atom. The third-order valence-electron chi connectivity index (χ3n) is 4.30. The van der Waals surface area contributed by atoms with Crippen molar-refractivity contribution >= 4 is 44.9 Å². The Morgan fingerprint density at radius 1 is 1.00 bits per heavy atom. The molecule has 0 radical (unpaired) electrons. The zero-order valence-corrected chi connectivity index (χ0v) is 20.2. The van der Waals surface area contributed by atoms with Crippen molar-refractivity contribution in [2.45, 2.75) is 52.0 Å². The molecular formula is C22H25BrFO3PS. The molecule has 0 spiro atoms. The van der Waals surface area contributed by atoms with Crippen LogP contribution < -0.4 is 0 Å². The van der Waals surface area contributed by atoms with E-state index in [1.807, 2.05) is 52.0 Å². The lowest BCUT2D eigenvalue weighted by molar-refractivity contribution is 0.136. The molecule has 0 aliphatic heterocycles. The fourth-order valence-electron chi connectivity index (χ4n) is 3.20. The van der Waals surface area contributed by atoms with Gasteiger partial charge in [0.05, 0.1) is 12.2 Å². The summed E-state index contributed by atoms with van der Waals surface area (Å²) in [6.45, 7) is 7.41. The lowest BCUT2D eigenvalue weighted by Crippen LogP contribution is -2.15. The van der Waals surface area contributed by atoms with E-state index in [1.165, 1.54) is 12.1 Å². The van der Waals surface area contributed by atoms with Crippen molar-refractivity contribution in [1.29, 1.82) is 0 Å². The van der Waals surface area contributed by atoms with Crippen LogP contribution in [0.2, 0.25) is 0 Å². The average molecular weight is 499 g/mol. The van der Waals surface area contributed by atoms with Crippen LogP contribution in [0, 0.1) is 5.82 Å². The standard InChI is InChI=1S/C22H25BrFO3PS/c1-14(2)26-28(25,27-15(3)4)19(13-16-9-11-17(24)12-10-16)22-21(23)18-7-5-6-8-20(18)29-22/h5-12,14-15,19H,13H2,1-4H3. The van der Waals surface area contributed by atoms with Crippen LogP contribution >= 0.6 is 34.9 Å². The van der Waals surface area contributed by atoms with Crippen LogP contribution in [0.1, 0.15) is 43.8 Å². The maximum atomic E-state index is 14.1. The molecule has 2 aromatic carbocycles. The van der Waals surface area contributed by atoms with E-state index < -0.39 is 13.3 Å². The Hall–Kier alpha value is -1.04. The first-order chi connectivity index (χ1) is 13.7. The molecule has 1 heterocycles. The van der Waals surface area contributed by atoms with Crippen molar-refractivity contribution in [2.75, 3.05) is 0 Å². The Kier molecular flexibility index (Phi) is 7.34. The van der Waals surface area contributed by atoms with Crippen molar-refractivity contribution in [2.24, 2.45) is 0 Å². The van der Waals surface area contributed by atoms with Crippen molar-refractivity contribution < 1.29 is 18.0 Å². The van der Waals surface area contributed by atoms with E-state index in [1.54, 1.807) is 23.5 Å². The third-order valence-corrected chi connectivity index (χ3v) is 9.51. The zero-order chi connectivity index (χ0) is 21.2. The molecule has 0 bridgehead atoms. The van der Waals surface area contributed by atoms with Crippen LogP contribution in [0.15, 0.2) is 53.0 Å². The van der Waals surface area contributed by atoms with Crippen LogP contribution in [0.3, 0.4) is 0 Å². The molecule has 0 amide bonds. The van der Waals surface area contributed by atoms with Gasteiger partial charge in [0.1, 0.15) is 11.5 Å². The Morgan fingerprint density at radius 2 is 1.59 bits per heavy atom. The molecule has 29 heavy (non-hydrogen) atoms. The van der Waals surface area contributed by atoms with Gasteiger partial charge in [0.25, 0.3) is 0 Å². The van der Waals surface area contributed by atoms with Gasteiger partial charge in [-0.3, -0.25) is 4.57 Å². The molecular weight excluding hydrogens is 474 g/mol. The molecule has 3 aromatic rings. The first-order valence-electron chi connectivity index (χ1n) is 9.57. The Bertz CT molecular complexity index is 1000. The predicted octanol–water partition coefficient (Wildman–Crippen LogP) is 8.13. The van der Waals surface area contributed by atoms with Crippen molar-refractivity contribution in [3.8, 4) is 0 Å². The smallest absolute Gasteiger partial charge is 0.305 e. The quantitative estimate of drug-likeness (QED) is 0.294. The van der Waals surface area contributed by atoms with Crippen LogP contribution in [0.5, 0.6) is 0 Å². The van der Waals surface area contributed by atoms with Gasteiger partial charge in [-0.05, 0) is 73.8 Å². The molecule has 3 rings (SSSR count). The van der Waals surface area contributed by atoms with E-state index in [2.05, 4.69) is 15.9 Å². The average Bonchev–Trinajstić information content (AvgIpc) is 2.96. The number of rotatable bonds is 8. The highest BCUT2D eigenvalue weighted by atomic mass is 79.9. The molecule has 0 fully saturated rings. The van der Waals surface area contributed by atoms with E-state index >= 15 is 0 Å². The molecule has 1 aromatic heterocycles. The summed E-state index contributed by atoms with van der Waals surface area (Å²) in [6, 6.07) is 14.3. The van der Waals surface area contributed by atoms with Crippen molar-refractivity contribution in [1.82, 2.24) is 0 Å². The van der Waals surface area contributed by atoms with E-state index in [-0.39, 0.29) is 18.0 Å². The summed E-state index contributed by atoms with van der Waals surface area (Å²) in [5.74, 6) is -0.298. The monoisotopic (exact) mass is 498 g/mol. The van der Waals surface area contributed by atoms with Crippen LogP contribution in [0.4, 0.5) is 4.39 Å². The molecule has 0 N–H and O–H groups in total. The zero-order valence-electron chi connectivity index (χ0n) is 16.9. The molecule has 1 atom stereocenters. The largest absolute Gasteiger partial charge is 0.339 e. The fourth-order valence-corrected chi connectivity index (χ4v) is 8.37. The topological polar surface area (TPSA) is 35.5 Å². The lowest BCUT2D eigenvalue weighted by Gasteiger charge is -2.30. The lowest BCUT2D eigenvalue weighted by atomic mass is 10.1. The summed E-state index contributed by atoms with van der Waals surface area (Å²) < 4.78 is 41.4. The number of hydrogen-bond donors (Lipinski definition) is 0. The maximum Gasteiger partial charge on any atom is 0.339 e. The van der Waals surface area contributed by atoms with Gasteiger partial charge in [-0.2, -0.15) is 0 Å². The summed E-state index contributed by atoms with van der Waals surface area (Å²) in [4.78, 5) is 0.917. The number of fused-ring (bicyclic) bond motifs is 1. The summed E-state index contributed by atoms with van der Waals surface area (Å²) >= 11 is 5.30. The van der Waals surface area contributed by atoms with Gasteiger partial charge in [0.15, 0.2) is 0 Å². The first kappa shape index (κ1) is 22.6. The van der Waals surface area contributed by atoms with Gasteiger partial charge < -0.3 is 9.05 Å². The summed E-state index contributed by atoms with van der Waals surface area (Å²) in [5, 5.41) is 1.07. The SMILES string of the molecule is CC(C)OP(=O)(OC(C)C)C(Cc1ccc(F)cc1)c1sc2ccccc2c1Br. The van der Waals surface area contributed by atoms with Crippen molar-refractivity contribution in [3.05, 3.63) is 69.3 Å². The fraction of sp³-hybridized carbons (Fsp3) is 0.364. The van der Waals surface area contributed by atoms with Gasteiger partial charge in [-0.25, -0.2) is 4.39 Å². The number of halogens is 2. The molecule has 3 nitrogen and oxygen atoms in total.